The third-order valence-electron chi connectivity index (χ3n) is 5.31. The summed E-state index contributed by atoms with van der Waals surface area (Å²) in [5.41, 5.74) is 8.45. The number of carbonyl (C=O) groups is 2. The lowest BCUT2D eigenvalue weighted by Gasteiger charge is -2.24. The van der Waals surface area contributed by atoms with Crippen LogP contribution in [0.3, 0.4) is 0 Å². The van der Waals surface area contributed by atoms with Gasteiger partial charge in [0.2, 0.25) is 0 Å². The molecular weight excluding hydrogens is 368 g/mol. The number of primary amides is 1. The predicted octanol–water partition coefficient (Wildman–Crippen LogP) is 4.82. The van der Waals surface area contributed by atoms with Gasteiger partial charge in [-0.1, -0.05) is 49.6 Å². The van der Waals surface area contributed by atoms with Crippen LogP contribution in [-0.4, -0.2) is 23.7 Å². The maximum atomic E-state index is 11.6. The Kier molecular flexibility index (Phi) is 7.11. The molecule has 1 aliphatic rings. The summed E-state index contributed by atoms with van der Waals surface area (Å²) in [6.45, 7) is 0.585. The molecule has 6 heteroatoms. The second kappa shape index (κ2) is 9.96. The lowest BCUT2D eigenvalue weighted by molar-refractivity contribution is -0.136. The van der Waals surface area contributed by atoms with E-state index in [0.29, 0.717) is 30.4 Å². The molecule has 1 fully saturated rings. The monoisotopic (exact) mass is 396 g/mol. The van der Waals surface area contributed by atoms with Gasteiger partial charge < -0.3 is 20.9 Å². The number of carboxylic acid groups (broad SMARTS) is 1. The number of nitrogens with one attached hydrogen (secondary N) is 1. The molecule has 154 valence electrons. The molecule has 0 aromatic heterocycles. The fourth-order valence-corrected chi connectivity index (χ4v) is 3.85. The predicted molar refractivity (Wildman–Crippen MR) is 113 cm³/mol. The van der Waals surface area contributed by atoms with Gasteiger partial charge in [-0.05, 0) is 48.4 Å². The molecule has 4 N–H and O–H groups in total. The van der Waals surface area contributed by atoms with Crippen LogP contribution in [0.5, 0.6) is 5.75 Å². The Labute approximate surface area is 171 Å². The largest absolute Gasteiger partial charge is 0.490 e. The zero-order chi connectivity index (χ0) is 20.6. The molecule has 0 spiro atoms. The van der Waals surface area contributed by atoms with Crippen molar-refractivity contribution in [2.75, 3.05) is 11.9 Å². The molecule has 0 unspecified atom stereocenters. The number of aliphatic carboxylic acids is 1. The number of carbonyl (C=O) groups excluding carboxylic acids is 1. The van der Waals surface area contributed by atoms with Crippen LogP contribution in [-0.2, 0) is 11.2 Å². The summed E-state index contributed by atoms with van der Waals surface area (Å²) in [6, 6.07) is 12.8. The van der Waals surface area contributed by atoms with Crippen molar-refractivity contribution in [3.8, 4) is 16.9 Å². The van der Waals surface area contributed by atoms with E-state index < -0.39 is 12.0 Å². The highest BCUT2D eigenvalue weighted by atomic mass is 16.5. The van der Waals surface area contributed by atoms with Crippen LogP contribution in [0.1, 0.15) is 44.1 Å². The Morgan fingerprint density at radius 1 is 1.10 bits per heavy atom. The van der Waals surface area contributed by atoms with Crippen molar-refractivity contribution in [3.05, 3.63) is 48.0 Å². The normalized spacial score (nSPS) is 14.3. The van der Waals surface area contributed by atoms with Gasteiger partial charge in [0.15, 0.2) is 5.75 Å². The second-order valence-electron chi connectivity index (χ2n) is 7.58. The van der Waals surface area contributed by atoms with Gasteiger partial charge in [0.25, 0.3) is 0 Å². The summed E-state index contributed by atoms with van der Waals surface area (Å²) in [4.78, 5) is 22.6. The molecule has 2 amide bonds. The van der Waals surface area contributed by atoms with Gasteiger partial charge in [-0.3, -0.25) is 4.79 Å². The molecule has 0 heterocycles. The molecule has 2 aromatic rings. The minimum absolute atomic E-state index is 0.00647. The molecule has 0 bridgehead atoms. The van der Waals surface area contributed by atoms with Gasteiger partial charge in [0, 0.05) is 12.0 Å². The average molecular weight is 396 g/mol. The van der Waals surface area contributed by atoms with Crippen LogP contribution in [0.15, 0.2) is 42.5 Å². The first kappa shape index (κ1) is 20.7. The summed E-state index contributed by atoms with van der Waals surface area (Å²) in [5, 5.41) is 11.7. The minimum atomic E-state index is -0.867. The van der Waals surface area contributed by atoms with Crippen molar-refractivity contribution in [2.24, 2.45) is 11.7 Å². The van der Waals surface area contributed by atoms with Crippen LogP contribution >= 0.6 is 0 Å². The number of carboxylic acids is 1. The molecule has 6 nitrogen and oxygen atoms in total. The van der Waals surface area contributed by atoms with Gasteiger partial charge in [0.1, 0.15) is 0 Å². The SMILES string of the molecule is NC(=O)Nc1cc(CCC(=O)O)cc(-c2ccccc2)c1OCC1CCCCC1. The summed E-state index contributed by atoms with van der Waals surface area (Å²) in [6.07, 6.45) is 6.38. The van der Waals surface area contributed by atoms with Crippen molar-refractivity contribution in [2.45, 2.75) is 44.9 Å². The Balaban J connectivity index is 1.98. The molecule has 0 radical (unpaired) electrons. The van der Waals surface area contributed by atoms with Crippen molar-refractivity contribution < 1.29 is 19.4 Å². The van der Waals surface area contributed by atoms with E-state index >= 15 is 0 Å². The first-order chi connectivity index (χ1) is 14.0. The fraction of sp³-hybridized carbons (Fsp3) is 0.391. The Hall–Kier alpha value is -3.02. The van der Waals surface area contributed by atoms with E-state index in [4.69, 9.17) is 15.6 Å². The number of nitrogens with two attached hydrogens (primary N) is 1. The first-order valence-electron chi connectivity index (χ1n) is 10.2. The number of hydrogen-bond donors (Lipinski definition) is 3. The van der Waals surface area contributed by atoms with E-state index in [-0.39, 0.29) is 6.42 Å². The number of amides is 2. The van der Waals surface area contributed by atoms with Crippen molar-refractivity contribution in [1.82, 2.24) is 0 Å². The molecule has 0 saturated heterocycles. The second-order valence-corrected chi connectivity index (χ2v) is 7.58. The Morgan fingerprint density at radius 3 is 2.48 bits per heavy atom. The highest BCUT2D eigenvalue weighted by molar-refractivity contribution is 5.92. The van der Waals surface area contributed by atoms with Crippen LogP contribution < -0.4 is 15.8 Å². The van der Waals surface area contributed by atoms with E-state index in [0.717, 1.165) is 29.5 Å². The van der Waals surface area contributed by atoms with E-state index in [9.17, 15) is 9.59 Å². The van der Waals surface area contributed by atoms with Gasteiger partial charge in [0.05, 0.1) is 12.3 Å². The third-order valence-corrected chi connectivity index (χ3v) is 5.31. The zero-order valence-electron chi connectivity index (χ0n) is 16.5. The fourth-order valence-electron chi connectivity index (χ4n) is 3.85. The summed E-state index contributed by atoms with van der Waals surface area (Å²) in [5.74, 6) is 0.216. The number of hydrogen-bond acceptors (Lipinski definition) is 3. The number of rotatable bonds is 8. The minimum Gasteiger partial charge on any atom is -0.490 e. The summed E-state index contributed by atoms with van der Waals surface area (Å²) < 4.78 is 6.26. The number of ether oxygens (including phenoxy) is 1. The molecular formula is C23H28N2O4. The summed E-state index contributed by atoms with van der Waals surface area (Å²) >= 11 is 0. The third kappa shape index (κ3) is 5.98. The van der Waals surface area contributed by atoms with Crippen molar-refractivity contribution in [1.29, 1.82) is 0 Å². The van der Waals surface area contributed by atoms with Crippen molar-refractivity contribution >= 4 is 17.7 Å². The van der Waals surface area contributed by atoms with E-state index in [1.54, 1.807) is 6.07 Å². The highest BCUT2D eigenvalue weighted by Gasteiger charge is 2.19. The molecule has 1 aliphatic carbocycles. The maximum absolute atomic E-state index is 11.6. The van der Waals surface area contributed by atoms with E-state index in [1.807, 2.05) is 36.4 Å². The van der Waals surface area contributed by atoms with Crippen molar-refractivity contribution in [3.63, 3.8) is 0 Å². The first-order valence-corrected chi connectivity index (χ1v) is 10.2. The smallest absolute Gasteiger partial charge is 0.316 e. The summed E-state index contributed by atoms with van der Waals surface area (Å²) in [7, 11) is 0. The molecule has 0 atom stereocenters. The van der Waals surface area contributed by atoms with Crippen LogP contribution in [0, 0.1) is 5.92 Å². The highest BCUT2D eigenvalue weighted by Crippen LogP contribution is 2.39. The molecule has 29 heavy (non-hydrogen) atoms. The van der Waals surface area contributed by atoms with Gasteiger partial charge in [-0.15, -0.1) is 0 Å². The Morgan fingerprint density at radius 2 is 1.83 bits per heavy atom. The number of urea groups is 1. The topological polar surface area (TPSA) is 102 Å². The van der Waals surface area contributed by atoms with Crippen LogP contribution in [0.4, 0.5) is 10.5 Å². The van der Waals surface area contributed by atoms with E-state index in [1.165, 1.54) is 19.3 Å². The standard InChI is InChI=1S/C23H28N2O4/c24-23(28)25-20-14-17(11-12-21(26)27)13-19(18-9-5-2-6-10-18)22(20)29-15-16-7-3-1-4-8-16/h2,5-6,9-10,13-14,16H,1,3-4,7-8,11-12,15H2,(H,26,27)(H3,24,25,28). The zero-order valence-corrected chi connectivity index (χ0v) is 16.5. The van der Waals surface area contributed by atoms with Crippen LogP contribution in [0.2, 0.25) is 0 Å². The molecule has 1 saturated carbocycles. The van der Waals surface area contributed by atoms with Crippen LogP contribution in [0.25, 0.3) is 11.1 Å². The molecule has 2 aromatic carbocycles. The average Bonchev–Trinajstić information content (AvgIpc) is 2.72. The molecule has 0 aliphatic heterocycles. The number of anilines is 1. The van der Waals surface area contributed by atoms with E-state index in [2.05, 4.69) is 5.32 Å². The Bertz CT molecular complexity index is 845. The van der Waals surface area contributed by atoms with Gasteiger partial charge in [-0.25, -0.2) is 4.79 Å². The number of aryl methyl sites for hydroxylation is 1. The number of benzene rings is 2. The molecule has 3 rings (SSSR count). The quantitative estimate of drug-likeness (QED) is 0.595. The maximum Gasteiger partial charge on any atom is 0.316 e. The van der Waals surface area contributed by atoms with Gasteiger partial charge in [-0.2, -0.15) is 0 Å². The lowest BCUT2D eigenvalue weighted by atomic mass is 9.90. The lowest BCUT2D eigenvalue weighted by Crippen LogP contribution is -2.21. The van der Waals surface area contributed by atoms with Gasteiger partial charge >= 0.3 is 12.0 Å².